The molecule has 4 aliphatic rings. The van der Waals surface area contributed by atoms with E-state index >= 15 is 0 Å². The van der Waals surface area contributed by atoms with Crippen molar-refractivity contribution in [2.45, 2.75) is 56.6 Å². The molecular weight excluding hydrogens is 570 g/mol. The second kappa shape index (κ2) is 10.5. The molecule has 1 amide bonds. The molecule has 2 aromatic carbocycles. The highest BCUT2D eigenvalue weighted by molar-refractivity contribution is 6.04. The Morgan fingerprint density at radius 2 is 1.76 bits per heavy atom. The molecule has 1 N–H and O–H groups in total. The molecule has 0 bridgehead atoms. The Balaban J connectivity index is 1.02. The van der Waals surface area contributed by atoms with E-state index in [1.165, 1.54) is 0 Å². The SMILES string of the molecule is Cn1cc(-c2ccc3c(c2)C(=O)CC2(CCN(C(=O)c4cc(N5CCC(C(=O)O)CC5)c5ccn(C6CC6)c5c4)CC2)O3)cn1. The van der Waals surface area contributed by atoms with Crippen molar-refractivity contribution in [3.8, 4) is 16.9 Å². The number of benzene rings is 2. The zero-order valence-electron chi connectivity index (χ0n) is 25.4. The predicted octanol–water partition coefficient (Wildman–Crippen LogP) is 5.32. The molecule has 10 heteroatoms. The van der Waals surface area contributed by atoms with Crippen molar-refractivity contribution in [2.75, 3.05) is 31.1 Å². The van der Waals surface area contributed by atoms with Crippen LogP contribution >= 0.6 is 0 Å². The van der Waals surface area contributed by atoms with Gasteiger partial charge in [0.15, 0.2) is 5.78 Å². The van der Waals surface area contributed by atoms with Crippen molar-refractivity contribution in [2.24, 2.45) is 13.0 Å². The van der Waals surface area contributed by atoms with Crippen LogP contribution in [-0.2, 0) is 11.8 Å². The summed E-state index contributed by atoms with van der Waals surface area (Å²) in [5, 5.41) is 14.9. The number of carbonyl (C=O) groups excluding carboxylic acids is 2. The van der Waals surface area contributed by atoms with Crippen molar-refractivity contribution in [1.82, 2.24) is 19.2 Å². The molecule has 2 saturated heterocycles. The number of Topliss-reactive ketones (excluding diaryl/α,β-unsaturated/α-hetero) is 1. The fraction of sp³-hybridized carbons (Fsp3) is 0.429. The van der Waals surface area contributed by atoms with Crippen molar-refractivity contribution < 1.29 is 24.2 Å². The maximum atomic E-state index is 14.1. The lowest BCUT2D eigenvalue weighted by molar-refractivity contribution is -0.142. The summed E-state index contributed by atoms with van der Waals surface area (Å²) in [5.41, 5.74) is 4.62. The molecule has 0 atom stereocenters. The van der Waals surface area contributed by atoms with E-state index in [0.29, 0.717) is 81.2 Å². The van der Waals surface area contributed by atoms with Crippen LogP contribution in [0.2, 0.25) is 0 Å². The third kappa shape index (κ3) is 4.96. The molecule has 1 saturated carbocycles. The second-order valence-electron chi connectivity index (χ2n) is 13.3. The number of piperidine rings is 2. The number of carboxylic acid groups (broad SMARTS) is 1. The highest BCUT2D eigenvalue weighted by Crippen LogP contribution is 2.43. The van der Waals surface area contributed by atoms with Crippen molar-refractivity contribution in [1.29, 1.82) is 0 Å². The summed E-state index contributed by atoms with van der Waals surface area (Å²) in [6, 6.07) is 12.4. The van der Waals surface area contributed by atoms with Crippen molar-refractivity contribution in [3.05, 3.63) is 66.1 Å². The Kier molecular flexibility index (Phi) is 6.51. The van der Waals surface area contributed by atoms with Gasteiger partial charge in [-0.1, -0.05) is 6.07 Å². The number of aliphatic carboxylic acids is 1. The van der Waals surface area contributed by atoms with Gasteiger partial charge < -0.3 is 24.2 Å². The number of likely N-dealkylation sites (tertiary alicyclic amines) is 1. The fourth-order valence-corrected chi connectivity index (χ4v) is 7.49. The Labute approximate surface area is 261 Å². The van der Waals surface area contributed by atoms with E-state index in [2.05, 4.69) is 26.8 Å². The van der Waals surface area contributed by atoms with Crippen LogP contribution in [0.3, 0.4) is 0 Å². The molecule has 2 aromatic heterocycles. The molecule has 1 aliphatic carbocycles. The first-order valence-corrected chi connectivity index (χ1v) is 16.0. The van der Waals surface area contributed by atoms with Crippen LogP contribution in [0.4, 0.5) is 5.69 Å². The number of ether oxygens (including phenoxy) is 1. The molecule has 5 heterocycles. The first-order valence-electron chi connectivity index (χ1n) is 16.0. The quantitative estimate of drug-likeness (QED) is 0.327. The summed E-state index contributed by atoms with van der Waals surface area (Å²) in [6.45, 7) is 2.33. The van der Waals surface area contributed by atoms with Crippen LogP contribution in [0, 0.1) is 5.92 Å². The lowest BCUT2D eigenvalue weighted by Gasteiger charge is -2.44. The van der Waals surface area contributed by atoms with Crippen LogP contribution in [0.25, 0.3) is 22.0 Å². The number of hydrogen-bond acceptors (Lipinski definition) is 6. The zero-order valence-corrected chi connectivity index (χ0v) is 25.4. The maximum Gasteiger partial charge on any atom is 0.306 e. The monoisotopic (exact) mass is 607 g/mol. The van der Waals surface area contributed by atoms with Gasteiger partial charge in [0.2, 0.25) is 0 Å². The summed E-state index contributed by atoms with van der Waals surface area (Å²) >= 11 is 0. The Morgan fingerprint density at radius 3 is 2.44 bits per heavy atom. The van der Waals surface area contributed by atoms with E-state index in [1.54, 1.807) is 10.9 Å². The topological polar surface area (TPSA) is 110 Å². The number of carboxylic acids is 1. The van der Waals surface area contributed by atoms with Crippen LogP contribution in [0.15, 0.2) is 55.0 Å². The van der Waals surface area contributed by atoms with Gasteiger partial charge in [0.05, 0.1) is 29.6 Å². The Morgan fingerprint density at radius 1 is 0.978 bits per heavy atom. The molecule has 1 spiro atoms. The van der Waals surface area contributed by atoms with Gasteiger partial charge in [0.25, 0.3) is 5.91 Å². The zero-order chi connectivity index (χ0) is 30.9. The fourth-order valence-electron chi connectivity index (χ4n) is 7.49. The summed E-state index contributed by atoms with van der Waals surface area (Å²) in [5.74, 6) is -0.373. The van der Waals surface area contributed by atoms with Crippen LogP contribution in [-0.4, -0.2) is 73.8 Å². The molecule has 3 aliphatic heterocycles. The number of aryl methyl sites for hydroxylation is 1. The lowest BCUT2D eigenvalue weighted by atomic mass is 9.82. The van der Waals surface area contributed by atoms with E-state index < -0.39 is 11.6 Å². The summed E-state index contributed by atoms with van der Waals surface area (Å²) in [4.78, 5) is 43.2. The number of hydrogen-bond donors (Lipinski definition) is 1. The van der Waals surface area contributed by atoms with Crippen LogP contribution in [0.1, 0.15) is 71.7 Å². The van der Waals surface area contributed by atoms with E-state index in [4.69, 9.17) is 4.74 Å². The molecule has 3 fully saturated rings. The smallest absolute Gasteiger partial charge is 0.306 e. The van der Waals surface area contributed by atoms with Crippen molar-refractivity contribution >= 4 is 34.3 Å². The van der Waals surface area contributed by atoms with E-state index in [-0.39, 0.29) is 17.6 Å². The van der Waals surface area contributed by atoms with E-state index in [0.717, 1.165) is 40.6 Å². The number of fused-ring (bicyclic) bond motifs is 2. The van der Waals surface area contributed by atoms with Gasteiger partial charge in [-0.2, -0.15) is 5.10 Å². The minimum Gasteiger partial charge on any atom is -0.486 e. The third-order valence-electron chi connectivity index (χ3n) is 10.3. The normalized spacial score (nSPS) is 20.0. The van der Waals surface area contributed by atoms with E-state index in [9.17, 15) is 19.5 Å². The molecular formula is C35H37N5O5. The van der Waals surface area contributed by atoms with Gasteiger partial charge >= 0.3 is 5.97 Å². The number of carbonyl (C=O) groups is 3. The Bertz CT molecular complexity index is 1840. The number of nitrogens with zero attached hydrogens (tertiary/aromatic N) is 5. The highest BCUT2D eigenvalue weighted by atomic mass is 16.5. The number of anilines is 1. The van der Waals surface area contributed by atoms with Crippen LogP contribution < -0.4 is 9.64 Å². The lowest BCUT2D eigenvalue weighted by Crippen LogP contribution is -2.52. The number of aromatic nitrogens is 3. The molecule has 8 rings (SSSR count). The number of ketones is 1. The largest absolute Gasteiger partial charge is 0.486 e. The molecule has 4 aromatic rings. The summed E-state index contributed by atoms with van der Waals surface area (Å²) in [6.07, 6.45) is 10.8. The molecule has 10 nitrogen and oxygen atoms in total. The first kappa shape index (κ1) is 27.9. The average molecular weight is 608 g/mol. The highest BCUT2D eigenvalue weighted by Gasteiger charge is 2.44. The predicted molar refractivity (Wildman–Crippen MR) is 169 cm³/mol. The molecule has 45 heavy (non-hydrogen) atoms. The Hall–Kier alpha value is -4.60. The number of amides is 1. The molecule has 232 valence electrons. The van der Waals surface area contributed by atoms with Crippen LogP contribution in [0.5, 0.6) is 5.75 Å². The van der Waals surface area contributed by atoms with Gasteiger partial charge in [-0.25, -0.2) is 0 Å². The average Bonchev–Trinajstić information content (AvgIpc) is 3.65. The standard InChI is InChI=1S/C35H37N5O5/c1-37-21-25(20-36-37)23-2-5-32-28(16-23)31(41)19-35(45-32)9-14-39(15-10-35)33(42)24-17-29(38-11-6-22(7-12-38)34(43)44)27-8-13-40(26-3-4-26)30(27)18-24/h2,5,8,13,16-18,20-22,26H,3-4,6-7,9-12,14-15,19H2,1H3,(H,43,44). The minimum atomic E-state index is -0.729. The maximum absolute atomic E-state index is 14.1. The molecule has 0 radical (unpaired) electrons. The number of rotatable bonds is 5. The summed E-state index contributed by atoms with van der Waals surface area (Å²) in [7, 11) is 1.87. The van der Waals surface area contributed by atoms with Crippen molar-refractivity contribution in [3.63, 3.8) is 0 Å². The second-order valence-corrected chi connectivity index (χ2v) is 13.3. The van der Waals surface area contributed by atoms with Gasteiger partial charge in [-0.3, -0.25) is 19.1 Å². The summed E-state index contributed by atoms with van der Waals surface area (Å²) < 4.78 is 10.6. The molecule has 0 unspecified atom stereocenters. The first-order chi connectivity index (χ1) is 21.8. The van der Waals surface area contributed by atoms with E-state index in [1.807, 2.05) is 48.5 Å². The van der Waals surface area contributed by atoms with Gasteiger partial charge in [0, 0.05) is 86.7 Å². The van der Waals surface area contributed by atoms with Gasteiger partial charge in [-0.15, -0.1) is 0 Å². The van der Waals surface area contributed by atoms with Gasteiger partial charge in [0.1, 0.15) is 11.4 Å². The minimum absolute atomic E-state index is 0.0133. The third-order valence-corrected chi connectivity index (χ3v) is 10.3. The van der Waals surface area contributed by atoms with Gasteiger partial charge in [-0.05, 0) is 61.6 Å².